The number of hydrogen-bond acceptors (Lipinski definition) is 10. The minimum absolute atomic E-state index is 0.0265. The van der Waals surface area contributed by atoms with Gasteiger partial charge in [-0.1, -0.05) is 18.2 Å². The van der Waals surface area contributed by atoms with Crippen molar-refractivity contribution in [3.63, 3.8) is 0 Å². The molecule has 0 radical (unpaired) electrons. The predicted molar refractivity (Wildman–Crippen MR) is 126 cm³/mol. The number of aromatic nitrogens is 6. The summed E-state index contributed by atoms with van der Waals surface area (Å²) in [5, 5.41) is 19.3. The molecule has 4 aromatic rings. The van der Waals surface area contributed by atoms with Crippen molar-refractivity contribution in [1.29, 1.82) is 0 Å². The quantitative estimate of drug-likeness (QED) is 0.222. The maximum Gasteiger partial charge on any atom is 0.244 e. The minimum Gasteiger partial charge on any atom is -0.369 e. The van der Waals surface area contributed by atoms with E-state index in [4.69, 9.17) is 16.6 Å². The Morgan fingerprint density at radius 2 is 1.91 bits per heavy atom. The van der Waals surface area contributed by atoms with E-state index in [0.29, 0.717) is 29.6 Å². The molecule has 1 atom stereocenters. The molecular formula is C19H22N10O4S2. The second-order valence-electron chi connectivity index (χ2n) is 8.17. The van der Waals surface area contributed by atoms with Gasteiger partial charge in [-0.15, -0.1) is 10.2 Å². The van der Waals surface area contributed by atoms with Crippen LogP contribution < -0.4 is 16.6 Å². The molecule has 5 rings (SSSR count). The van der Waals surface area contributed by atoms with Gasteiger partial charge in [-0.3, -0.25) is 0 Å². The van der Waals surface area contributed by atoms with Gasteiger partial charge in [0.1, 0.15) is 9.79 Å². The van der Waals surface area contributed by atoms with E-state index in [1.807, 2.05) is 0 Å². The van der Waals surface area contributed by atoms with Crippen LogP contribution in [0.25, 0.3) is 33.5 Å². The second kappa shape index (κ2) is 8.35. The van der Waals surface area contributed by atoms with Crippen molar-refractivity contribution < 1.29 is 16.8 Å². The maximum atomic E-state index is 13.6. The molecular weight excluding hydrogens is 496 g/mol. The summed E-state index contributed by atoms with van der Waals surface area (Å²) in [6.07, 6.45) is 0.568. The molecule has 1 fully saturated rings. The number of primary sulfonamides is 1. The molecule has 0 amide bonds. The van der Waals surface area contributed by atoms with Gasteiger partial charge in [-0.2, -0.15) is 9.52 Å². The maximum absolute atomic E-state index is 13.6. The van der Waals surface area contributed by atoms with Crippen LogP contribution in [0.3, 0.4) is 0 Å². The summed E-state index contributed by atoms with van der Waals surface area (Å²) in [5.41, 5.74) is 13.2. The molecule has 184 valence electrons. The lowest BCUT2D eigenvalue weighted by Gasteiger charge is -2.21. The van der Waals surface area contributed by atoms with Gasteiger partial charge in [0, 0.05) is 18.7 Å². The molecule has 1 aliphatic heterocycles. The van der Waals surface area contributed by atoms with E-state index in [1.54, 1.807) is 18.2 Å². The number of nitrogens with one attached hydrogen (secondary N) is 2. The lowest BCUT2D eigenvalue weighted by Crippen LogP contribution is -2.32. The molecule has 14 nitrogen and oxygen atoms in total. The number of rotatable bonds is 6. The van der Waals surface area contributed by atoms with Crippen LogP contribution in [0.4, 0.5) is 5.95 Å². The van der Waals surface area contributed by atoms with Crippen molar-refractivity contribution in [2.45, 2.75) is 16.2 Å². The normalized spacial score (nSPS) is 17.4. The van der Waals surface area contributed by atoms with Crippen LogP contribution in [0, 0.1) is 5.92 Å². The number of sulfonamides is 2. The molecule has 16 heteroatoms. The summed E-state index contributed by atoms with van der Waals surface area (Å²) < 4.78 is 54.3. The lowest BCUT2D eigenvalue weighted by atomic mass is 9.98. The molecule has 1 saturated heterocycles. The number of fused-ring (bicyclic) bond motifs is 1. The zero-order valence-electron chi connectivity index (χ0n) is 18.2. The van der Waals surface area contributed by atoms with Crippen LogP contribution in [-0.4, -0.2) is 71.4 Å². The van der Waals surface area contributed by atoms with Crippen LogP contribution >= 0.6 is 0 Å². The van der Waals surface area contributed by atoms with E-state index in [-0.39, 0.29) is 41.9 Å². The molecule has 0 aliphatic carbocycles. The number of H-pyrrole nitrogens is 2. The largest absolute Gasteiger partial charge is 0.369 e. The Morgan fingerprint density at radius 1 is 1.11 bits per heavy atom. The molecule has 1 aliphatic rings. The van der Waals surface area contributed by atoms with Crippen LogP contribution in [0.15, 0.2) is 40.1 Å². The molecule has 35 heavy (non-hydrogen) atoms. The highest BCUT2D eigenvalue weighted by molar-refractivity contribution is 7.92. The fourth-order valence-corrected chi connectivity index (χ4v) is 7.48. The summed E-state index contributed by atoms with van der Waals surface area (Å²) in [6, 6.07) is 7.85. The van der Waals surface area contributed by atoms with Crippen molar-refractivity contribution >= 4 is 37.0 Å². The molecule has 2 aromatic heterocycles. The van der Waals surface area contributed by atoms with E-state index in [2.05, 4.69) is 30.6 Å². The number of nitrogens with two attached hydrogens (primary N) is 3. The molecule has 0 bridgehead atoms. The molecule has 3 heterocycles. The van der Waals surface area contributed by atoms with Gasteiger partial charge < -0.3 is 16.5 Å². The standard InChI is InChI=1S/C19H22N10O4S2/c20-8-10-6-7-29(9-10)35(32,33)14-5-4-11(12-2-1-3-13-16(12)24-19(21)23-13)15(17(14)34(22,30)31)18-25-27-28-26-18/h1-5,10H,6-9,20H2,(H3,21,23,24)(H2,22,30,31)(H,25,26,27,28)/t10-/m0/s1. The monoisotopic (exact) mass is 518 g/mol. The molecule has 0 spiro atoms. The minimum atomic E-state index is -4.61. The number of nitrogens with zero attached hydrogens (tertiary/aromatic N) is 5. The number of hydrogen-bond donors (Lipinski definition) is 5. The summed E-state index contributed by atoms with van der Waals surface area (Å²) in [6.45, 7) is 0.700. The Kier molecular flexibility index (Phi) is 5.56. The van der Waals surface area contributed by atoms with E-state index >= 15 is 0 Å². The molecule has 0 saturated carbocycles. The Morgan fingerprint density at radius 3 is 2.57 bits per heavy atom. The third-order valence-corrected chi connectivity index (χ3v) is 9.03. The van der Waals surface area contributed by atoms with Crippen LogP contribution in [0.5, 0.6) is 0 Å². The summed E-state index contributed by atoms with van der Waals surface area (Å²) >= 11 is 0. The highest BCUT2D eigenvalue weighted by Crippen LogP contribution is 2.41. The van der Waals surface area contributed by atoms with Gasteiger partial charge in [-0.25, -0.2) is 27.0 Å². The first kappa shape index (κ1) is 23.3. The number of benzene rings is 2. The fraction of sp³-hybridized carbons (Fsp3) is 0.263. The van der Waals surface area contributed by atoms with Gasteiger partial charge in [0.25, 0.3) is 0 Å². The van der Waals surface area contributed by atoms with E-state index < -0.39 is 29.8 Å². The third-order valence-electron chi connectivity index (χ3n) is 6.00. The first-order chi connectivity index (χ1) is 16.6. The fourth-order valence-electron chi connectivity index (χ4n) is 4.38. The van der Waals surface area contributed by atoms with Crippen molar-refractivity contribution in [2.75, 3.05) is 25.4 Å². The van der Waals surface area contributed by atoms with E-state index in [9.17, 15) is 16.8 Å². The Hall–Kier alpha value is -3.44. The number of imidazole rings is 1. The topological polar surface area (TPSA) is 233 Å². The van der Waals surface area contributed by atoms with Crippen LogP contribution in [-0.2, 0) is 20.0 Å². The smallest absolute Gasteiger partial charge is 0.244 e. The molecule has 8 N–H and O–H groups in total. The first-order valence-electron chi connectivity index (χ1n) is 10.5. The summed E-state index contributed by atoms with van der Waals surface area (Å²) in [7, 11) is -8.86. The number of aromatic amines is 2. The molecule has 0 unspecified atom stereocenters. The summed E-state index contributed by atoms with van der Waals surface area (Å²) in [5.74, 6) is -0.0212. The number of nitrogen functional groups attached to an aromatic ring is 1. The Labute approximate surface area is 200 Å². The average molecular weight is 519 g/mol. The molecule has 2 aromatic carbocycles. The van der Waals surface area contributed by atoms with Gasteiger partial charge in [0.2, 0.25) is 25.9 Å². The zero-order valence-corrected chi connectivity index (χ0v) is 19.8. The Bertz CT molecular complexity index is 1630. The lowest BCUT2D eigenvalue weighted by molar-refractivity contribution is 0.457. The third kappa shape index (κ3) is 3.94. The SMILES string of the molecule is NC[C@@H]1CCN(S(=O)(=O)c2ccc(-c3cccc4[nH]c(N)nc34)c(-c3nn[nH]n3)c2S(N)(=O)=O)C1. The number of tetrazole rings is 1. The van der Waals surface area contributed by atoms with Gasteiger partial charge in [-0.05, 0) is 41.8 Å². The van der Waals surface area contributed by atoms with Crippen LogP contribution in [0.1, 0.15) is 6.42 Å². The number of para-hydroxylation sites is 1. The second-order valence-corrected chi connectivity index (χ2v) is 11.6. The van der Waals surface area contributed by atoms with E-state index in [0.717, 1.165) is 0 Å². The first-order valence-corrected chi connectivity index (χ1v) is 13.5. The van der Waals surface area contributed by atoms with Crippen LogP contribution in [0.2, 0.25) is 0 Å². The Balaban J connectivity index is 1.84. The van der Waals surface area contributed by atoms with Gasteiger partial charge in [0.05, 0.1) is 16.6 Å². The van der Waals surface area contributed by atoms with Gasteiger partial charge in [0.15, 0.2) is 5.95 Å². The van der Waals surface area contributed by atoms with Gasteiger partial charge >= 0.3 is 0 Å². The predicted octanol–water partition coefficient (Wildman–Crippen LogP) is -0.391. The van der Waals surface area contributed by atoms with Crippen molar-refractivity contribution in [3.8, 4) is 22.5 Å². The van der Waals surface area contributed by atoms with Crippen molar-refractivity contribution in [1.82, 2.24) is 34.9 Å². The highest BCUT2D eigenvalue weighted by atomic mass is 32.2. The van der Waals surface area contributed by atoms with Crippen molar-refractivity contribution in [2.24, 2.45) is 16.8 Å². The summed E-state index contributed by atoms with van der Waals surface area (Å²) in [4.78, 5) is 6.10. The number of anilines is 1. The average Bonchev–Trinajstić information content (AvgIpc) is 3.57. The highest BCUT2D eigenvalue weighted by Gasteiger charge is 2.38. The zero-order chi connectivity index (χ0) is 25.0. The van der Waals surface area contributed by atoms with Crippen molar-refractivity contribution in [3.05, 3.63) is 30.3 Å². The van der Waals surface area contributed by atoms with E-state index in [1.165, 1.54) is 16.4 Å².